The van der Waals surface area contributed by atoms with E-state index in [1.54, 1.807) is 6.07 Å². The Morgan fingerprint density at radius 1 is 1.24 bits per heavy atom. The zero-order valence-electron chi connectivity index (χ0n) is 11.5. The number of benzene rings is 2. The fourth-order valence-corrected chi connectivity index (χ4v) is 2.69. The van der Waals surface area contributed by atoms with Gasteiger partial charge in [0.1, 0.15) is 0 Å². The summed E-state index contributed by atoms with van der Waals surface area (Å²) in [6, 6.07) is 13.8. The molecule has 0 radical (unpaired) electrons. The van der Waals surface area contributed by atoms with E-state index in [1.807, 2.05) is 31.3 Å². The van der Waals surface area contributed by atoms with Gasteiger partial charge in [0.25, 0.3) is 5.91 Å². The van der Waals surface area contributed by atoms with Crippen LogP contribution >= 0.6 is 15.9 Å². The number of carbonyl (C=O) groups excluding carboxylic acids is 1. The lowest BCUT2D eigenvalue weighted by atomic mass is 10.1. The predicted octanol–water partition coefficient (Wildman–Crippen LogP) is 3.07. The second-order valence-electron chi connectivity index (χ2n) is 5.15. The first-order chi connectivity index (χ1) is 10.0. The number of hydrogen-bond donors (Lipinski definition) is 2. The van der Waals surface area contributed by atoms with Crippen molar-refractivity contribution in [3.05, 3.63) is 58.1 Å². The summed E-state index contributed by atoms with van der Waals surface area (Å²) in [5, 5.41) is 12.4. The third-order valence-electron chi connectivity index (χ3n) is 3.61. The number of rotatable bonds is 3. The van der Waals surface area contributed by atoms with Gasteiger partial charge in [-0.25, -0.2) is 0 Å². The van der Waals surface area contributed by atoms with Crippen molar-refractivity contribution in [3.8, 4) is 0 Å². The van der Waals surface area contributed by atoms with Crippen molar-refractivity contribution in [2.45, 2.75) is 12.6 Å². The molecule has 1 aliphatic rings. The monoisotopic (exact) mass is 346 g/mol. The molecule has 0 saturated heterocycles. The third kappa shape index (κ3) is 2.80. The fourth-order valence-electron chi connectivity index (χ4n) is 2.43. The maximum Gasteiger partial charge on any atom is 0.257 e. The molecule has 1 amide bonds. The SMILES string of the molecule is CN(Cc1ccc(Br)cc1)c1ccc2c(c1)NC(=O)C2O. The van der Waals surface area contributed by atoms with Crippen LogP contribution in [0.3, 0.4) is 0 Å². The topological polar surface area (TPSA) is 52.6 Å². The Balaban J connectivity index is 1.80. The molecule has 21 heavy (non-hydrogen) atoms. The van der Waals surface area contributed by atoms with E-state index in [0.29, 0.717) is 11.3 Å². The van der Waals surface area contributed by atoms with Crippen LogP contribution in [0, 0.1) is 0 Å². The Morgan fingerprint density at radius 3 is 2.67 bits per heavy atom. The number of aliphatic hydroxyl groups is 1. The summed E-state index contributed by atoms with van der Waals surface area (Å²) in [6.45, 7) is 0.766. The van der Waals surface area contributed by atoms with Crippen LogP contribution in [0.5, 0.6) is 0 Å². The first kappa shape index (κ1) is 14.1. The quantitative estimate of drug-likeness (QED) is 0.897. The lowest BCUT2D eigenvalue weighted by molar-refractivity contribution is -0.123. The van der Waals surface area contributed by atoms with E-state index < -0.39 is 6.10 Å². The second-order valence-corrected chi connectivity index (χ2v) is 6.06. The molecule has 2 N–H and O–H groups in total. The molecule has 1 unspecified atom stereocenters. The van der Waals surface area contributed by atoms with Crippen molar-refractivity contribution in [1.29, 1.82) is 0 Å². The van der Waals surface area contributed by atoms with Crippen molar-refractivity contribution >= 4 is 33.2 Å². The smallest absolute Gasteiger partial charge is 0.257 e. The summed E-state index contributed by atoms with van der Waals surface area (Å²) in [6.07, 6.45) is -1.05. The zero-order chi connectivity index (χ0) is 15.0. The van der Waals surface area contributed by atoms with Gasteiger partial charge in [0.15, 0.2) is 6.10 Å². The molecule has 1 atom stereocenters. The van der Waals surface area contributed by atoms with Gasteiger partial charge in [0.05, 0.1) is 0 Å². The van der Waals surface area contributed by atoms with Crippen LogP contribution in [-0.4, -0.2) is 18.1 Å². The van der Waals surface area contributed by atoms with Crippen molar-refractivity contribution in [1.82, 2.24) is 0 Å². The molecule has 1 heterocycles. The van der Waals surface area contributed by atoms with Gasteiger partial charge in [0, 0.05) is 35.0 Å². The molecule has 3 rings (SSSR count). The molecule has 0 spiro atoms. The number of anilines is 2. The Hall–Kier alpha value is -1.85. The molecule has 0 aliphatic carbocycles. The van der Waals surface area contributed by atoms with Crippen LogP contribution in [0.1, 0.15) is 17.2 Å². The van der Waals surface area contributed by atoms with E-state index in [4.69, 9.17) is 0 Å². The number of amides is 1. The molecular formula is C16H15BrN2O2. The van der Waals surface area contributed by atoms with Crippen LogP contribution < -0.4 is 10.2 Å². The standard InChI is InChI=1S/C16H15BrN2O2/c1-19(9-10-2-4-11(17)5-3-10)12-6-7-13-14(8-12)18-16(21)15(13)20/h2-8,15,20H,9H2,1H3,(H,18,21). The van der Waals surface area contributed by atoms with Crippen LogP contribution in [0.25, 0.3) is 0 Å². The van der Waals surface area contributed by atoms with Crippen molar-refractivity contribution in [2.75, 3.05) is 17.3 Å². The molecule has 1 aliphatic heterocycles. The first-order valence-electron chi connectivity index (χ1n) is 6.63. The Kier molecular flexibility index (Phi) is 3.69. The maximum atomic E-state index is 11.5. The van der Waals surface area contributed by atoms with E-state index in [1.165, 1.54) is 5.56 Å². The molecule has 2 aromatic carbocycles. The number of nitrogens with one attached hydrogen (secondary N) is 1. The summed E-state index contributed by atoms with van der Waals surface area (Å²) >= 11 is 3.42. The number of hydrogen-bond acceptors (Lipinski definition) is 3. The number of carbonyl (C=O) groups is 1. The average molecular weight is 347 g/mol. The van der Waals surface area contributed by atoms with Crippen molar-refractivity contribution < 1.29 is 9.90 Å². The highest BCUT2D eigenvalue weighted by molar-refractivity contribution is 9.10. The third-order valence-corrected chi connectivity index (χ3v) is 4.14. The van der Waals surface area contributed by atoms with E-state index in [0.717, 1.165) is 16.7 Å². The normalized spacial score (nSPS) is 16.5. The molecule has 4 nitrogen and oxygen atoms in total. The molecule has 0 bridgehead atoms. The van der Waals surface area contributed by atoms with Gasteiger partial charge < -0.3 is 15.3 Å². The van der Waals surface area contributed by atoms with Gasteiger partial charge in [-0.05, 0) is 29.8 Å². The Morgan fingerprint density at radius 2 is 1.95 bits per heavy atom. The molecule has 5 heteroatoms. The summed E-state index contributed by atoms with van der Waals surface area (Å²) in [5.74, 6) is -0.363. The zero-order valence-corrected chi connectivity index (χ0v) is 13.1. The molecule has 108 valence electrons. The van der Waals surface area contributed by atoms with Crippen molar-refractivity contribution in [2.24, 2.45) is 0 Å². The van der Waals surface area contributed by atoms with Gasteiger partial charge >= 0.3 is 0 Å². The van der Waals surface area contributed by atoms with Crippen LogP contribution in [0.2, 0.25) is 0 Å². The number of nitrogens with zero attached hydrogens (tertiary/aromatic N) is 1. The minimum absolute atomic E-state index is 0.363. The van der Waals surface area contributed by atoms with E-state index in [2.05, 4.69) is 38.3 Å². The average Bonchev–Trinajstić information content (AvgIpc) is 2.76. The van der Waals surface area contributed by atoms with E-state index in [9.17, 15) is 9.90 Å². The molecule has 0 fully saturated rings. The van der Waals surface area contributed by atoms with Gasteiger partial charge in [-0.2, -0.15) is 0 Å². The predicted molar refractivity (Wildman–Crippen MR) is 86.3 cm³/mol. The number of aliphatic hydroxyl groups excluding tert-OH is 1. The highest BCUT2D eigenvalue weighted by Crippen LogP contribution is 2.33. The fraction of sp³-hybridized carbons (Fsp3) is 0.188. The second kappa shape index (κ2) is 5.50. The van der Waals surface area contributed by atoms with E-state index >= 15 is 0 Å². The Bertz CT molecular complexity index is 685. The minimum Gasteiger partial charge on any atom is -0.378 e. The van der Waals surface area contributed by atoms with Crippen LogP contribution in [0.4, 0.5) is 11.4 Å². The van der Waals surface area contributed by atoms with Gasteiger partial charge in [0.2, 0.25) is 0 Å². The number of halogens is 1. The summed E-state index contributed by atoms with van der Waals surface area (Å²) in [7, 11) is 2.00. The molecule has 0 aromatic heterocycles. The van der Waals surface area contributed by atoms with Gasteiger partial charge in [-0.3, -0.25) is 4.79 Å². The summed E-state index contributed by atoms with van der Waals surface area (Å²) in [5.41, 5.74) is 3.52. The minimum atomic E-state index is -1.05. The first-order valence-corrected chi connectivity index (χ1v) is 7.42. The molecule has 0 saturated carbocycles. The highest BCUT2D eigenvalue weighted by atomic mass is 79.9. The summed E-state index contributed by atoms with van der Waals surface area (Å²) in [4.78, 5) is 13.6. The van der Waals surface area contributed by atoms with Crippen LogP contribution in [-0.2, 0) is 11.3 Å². The number of fused-ring (bicyclic) bond motifs is 1. The van der Waals surface area contributed by atoms with Crippen LogP contribution in [0.15, 0.2) is 46.9 Å². The molecule has 2 aromatic rings. The maximum absolute atomic E-state index is 11.5. The highest BCUT2D eigenvalue weighted by Gasteiger charge is 2.28. The largest absolute Gasteiger partial charge is 0.378 e. The lowest BCUT2D eigenvalue weighted by Crippen LogP contribution is -2.16. The summed E-state index contributed by atoms with van der Waals surface area (Å²) < 4.78 is 1.06. The molecular weight excluding hydrogens is 332 g/mol. The van der Waals surface area contributed by atoms with E-state index in [-0.39, 0.29) is 5.91 Å². The Labute approximate surface area is 131 Å². The van der Waals surface area contributed by atoms with Gasteiger partial charge in [-0.15, -0.1) is 0 Å². The lowest BCUT2D eigenvalue weighted by Gasteiger charge is -2.20. The van der Waals surface area contributed by atoms with Gasteiger partial charge in [-0.1, -0.05) is 34.1 Å². The van der Waals surface area contributed by atoms with Crippen molar-refractivity contribution in [3.63, 3.8) is 0 Å².